The van der Waals surface area contributed by atoms with Crippen LogP contribution in [-0.2, 0) is 19.5 Å². The molecule has 9 heteroatoms. The highest BCUT2D eigenvalue weighted by atomic mass is 79.9. The third kappa shape index (κ3) is 8.50. The molecule has 1 aromatic heterocycles. The molecule has 1 saturated heterocycles. The first-order chi connectivity index (χ1) is 19.9. The maximum Gasteiger partial charge on any atom is 0.272 e. The Morgan fingerprint density at radius 2 is 1.85 bits per heavy atom. The number of likely N-dealkylation sites (tertiary alicyclic amines) is 1. The normalized spacial score (nSPS) is 16.8. The smallest absolute Gasteiger partial charge is 0.272 e. The molecule has 8 nitrogen and oxygen atoms in total. The minimum Gasteiger partial charge on any atom is -0.390 e. The second-order valence-corrected chi connectivity index (χ2v) is 11.7. The fraction of sp³-hybridized carbons (Fsp3) is 0.469. The molecule has 1 aliphatic rings. The second-order valence-electron chi connectivity index (χ2n) is 10.8. The summed E-state index contributed by atoms with van der Waals surface area (Å²) in [4.78, 5) is 29.1. The average molecular weight is 625 g/mol. The first-order valence-corrected chi connectivity index (χ1v) is 15.6. The Kier molecular flexibility index (Phi) is 11.5. The lowest BCUT2D eigenvalue weighted by Gasteiger charge is -2.35. The Morgan fingerprint density at radius 3 is 2.59 bits per heavy atom. The van der Waals surface area contributed by atoms with Gasteiger partial charge in [-0.2, -0.15) is 5.10 Å². The zero-order valence-electron chi connectivity index (χ0n) is 24.1. The van der Waals surface area contributed by atoms with Crippen LogP contribution in [0.1, 0.15) is 78.1 Å². The highest BCUT2D eigenvalue weighted by molar-refractivity contribution is 9.10. The van der Waals surface area contributed by atoms with Gasteiger partial charge in [0.1, 0.15) is 5.69 Å². The lowest BCUT2D eigenvalue weighted by Crippen LogP contribution is -2.48. The summed E-state index contributed by atoms with van der Waals surface area (Å²) in [6, 6.07) is 19.1. The van der Waals surface area contributed by atoms with Gasteiger partial charge in [0.2, 0.25) is 0 Å². The molecule has 1 fully saturated rings. The number of amides is 2. The van der Waals surface area contributed by atoms with Crippen LogP contribution in [0.2, 0.25) is 0 Å². The number of hydrogen-bond acceptors (Lipinski definition) is 5. The molecule has 0 bridgehead atoms. The number of nitrogens with zero attached hydrogens (tertiary/aromatic N) is 3. The van der Waals surface area contributed by atoms with Gasteiger partial charge < -0.3 is 20.6 Å². The van der Waals surface area contributed by atoms with Crippen LogP contribution in [0.3, 0.4) is 0 Å². The third-order valence-corrected chi connectivity index (χ3v) is 8.19. The number of aromatic nitrogens is 2. The highest BCUT2D eigenvalue weighted by Crippen LogP contribution is 2.23. The molecular weight excluding hydrogens is 582 g/mol. The summed E-state index contributed by atoms with van der Waals surface area (Å²) in [6.45, 7) is 6.17. The van der Waals surface area contributed by atoms with Crippen LogP contribution < -0.4 is 10.6 Å². The minimum atomic E-state index is -0.844. The number of rotatable bonds is 13. The van der Waals surface area contributed by atoms with Gasteiger partial charge in [-0.25, -0.2) is 0 Å². The van der Waals surface area contributed by atoms with Crippen molar-refractivity contribution in [2.24, 2.45) is 0 Å². The average Bonchev–Trinajstić information content (AvgIpc) is 3.42. The fourth-order valence-corrected chi connectivity index (χ4v) is 5.98. The molecule has 0 saturated carbocycles. The number of benzene rings is 2. The largest absolute Gasteiger partial charge is 0.390 e. The Hall–Kier alpha value is -3.01. The van der Waals surface area contributed by atoms with Crippen molar-refractivity contribution < 1.29 is 14.7 Å². The Morgan fingerprint density at radius 1 is 1.07 bits per heavy atom. The number of carbonyl (C=O) groups excluding carboxylic acids is 2. The predicted octanol–water partition coefficient (Wildman–Crippen LogP) is 4.95. The molecule has 0 radical (unpaired) electrons. The van der Waals surface area contributed by atoms with Crippen molar-refractivity contribution >= 4 is 27.7 Å². The molecule has 3 aromatic rings. The molecule has 3 atom stereocenters. The van der Waals surface area contributed by atoms with Crippen molar-refractivity contribution in [3.63, 3.8) is 0 Å². The van der Waals surface area contributed by atoms with E-state index in [0.717, 1.165) is 54.2 Å². The lowest BCUT2D eigenvalue weighted by atomic mass is 9.98. The summed E-state index contributed by atoms with van der Waals surface area (Å²) < 4.78 is 2.62. The first kappa shape index (κ1) is 30.9. The fourth-order valence-electron chi connectivity index (χ4n) is 5.54. The van der Waals surface area contributed by atoms with Crippen molar-refractivity contribution in [1.29, 1.82) is 0 Å². The highest BCUT2D eigenvalue weighted by Gasteiger charge is 2.31. The van der Waals surface area contributed by atoms with Crippen molar-refractivity contribution in [3.05, 3.63) is 87.7 Å². The van der Waals surface area contributed by atoms with Crippen molar-refractivity contribution in [1.82, 2.24) is 25.3 Å². The summed E-state index contributed by atoms with van der Waals surface area (Å²) in [5, 5.41) is 22.0. The van der Waals surface area contributed by atoms with Crippen LogP contribution in [0.5, 0.6) is 0 Å². The van der Waals surface area contributed by atoms with E-state index in [1.165, 1.54) is 0 Å². The number of aryl methyl sites for hydroxylation is 1. The van der Waals surface area contributed by atoms with E-state index in [1.54, 1.807) is 10.7 Å². The Labute approximate surface area is 251 Å². The monoisotopic (exact) mass is 623 g/mol. The molecular formula is C32H42BrN5O3. The standard InChI is InChI=1S/C32H42BrN5O3/c1-3-11-26-16-8-9-17-37(26)32(41)29-20-28(36-38(29)4-2)31(40)35-27(19-23-12-6-5-7-13-23)30(39)22-34-21-24-14-10-15-25(33)18-24/h5-7,10,12-15,18,20,26-27,30,34,39H,3-4,8-9,11,16-17,19,21-22H2,1-2H3,(H,35,40)/t26?,27-,30-/m0/s1. The van der Waals surface area contributed by atoms with Crippen molar-refractivity contribution in [2.45, 2.75) is 83.6 Å². The maximum absolute atomic E-state index is 13.6. The van der Waals surface area contributed by atoms with E-state index < -0.39 is 18.1 Å². The molecule has 2 heterocycles. The number of carbonyl (C=O) groups is 2. The molecule has 0 spiro atoms. The van der Waals surface area contributed by atoms with Gasteiger partial charge >= 0.3 is 0 Å². The van der Waals surface area contributed by atoms with Crippen LogP contribution in [0.15, 0.2) is 65.1 Å². The number of nitrogens with one attached hydrogen (secondary N) is 2. The third-order valence-electron chi connectivity index (χ3n) is 7.69. The number of piperidine rings is 1. The van der Waals surface area contributed by atoms with E-state index in [9.17, 15) is 14.7 Å². The molecule has 0 aliphatic carbocycles. The molecule has 1 aliphatic heterocycles. The van der Waals surface area contributed by atoms with Gasteiger partial charge in [-0.15, -0.1) is 0 Å². The zero-order valence-corrected chi connectivity index (χ0v) is 25.6. The summed E-state index contributed by atoms with van der Waals surface area (Å²) in [6.07, 6.45) is 4.77. The number of aliphatic hydroxyl groups excluding tert-OH is 1. The molecule has 2 aromatic carbocycles. The van der Waals surface area contributed by atoms with Gasteiger partial charge in [0, 0.05) is 42.8 Å². The topological polar surface area (TPSA) is 99.5 Å². The zero-order chi connectivity index (χ0) is 29.2. The van der Waals surface area contributed by atoms with Gasteiger partial charge in [-0.1, -0.05) is 71.7 Å². The summed E-state index contributed by atoms with van der Waals surface area (Å²) in [7, 11) is 0. The summed E-state index contributed by atoms with van der Waals surface area (Å²) >= 11 is 3.49. The van der Waals surface area contributed by atoms with Gasteiger partial charge in [0.15, 0.2) is 5.69 Å². The van der Waals surface area contributed by atoms with E-state index in [1.807, 2.05) is 66.4 Å². The van der Waals surface area contributed by atoms with Gasteiger partial charge in [0.05, 0.1) is 12.1 Å². The van der Waals surface area contributed by atoms with E-state index in [2.05, 4.69) is 38.6 Å². The first-order valence-electron chi connectivity index (χ1n) is 14.8. The van der Waals surface area contributed by atoms with Crippen LogP contribution in [0.4, 0.5) is 0 Å². The van der Waals surface area contributed by atoms with E-state index in [0.29, 0.717) is 31.7 Å². The maximum atomic E-state index is 13.6. The van der Waals surface area contributed by atoms with Crippen molar-refractivity contribution in [3.8, 4) is 0 Å². The van der Waals surface area contributed by atoms with Gasteiger partial charge in [-0.3, -0.25) is 14.3 Å². The van der Waals surface area contributed by atoms with Crippen LogP contribution in [0.25, 0.3) is 0 Å². The number of aliphatic hydroxyl groups is 1. The summed E-state index contributed by atoms with van der Waals surface area (Å²) in [5.74, 6) is -0.462. The number of halogens is 1. The predicted molar refractivity (Wildman–Crippen MR) is 165 cm³/mol. The Balaban J connectivity index is 1.47. The minimum absolute atomic E-state index is 0.0610. The quantitative estimate of drug-likeness (QED) is 0.250. The van der Waals surface area contributed by atoms with E-state index in [-0.39, 0.29) is 17.6 Å². The van der Waals surface area contributed by atoms with Crippen LogP contribution in [0, 0.1) is 0 Å². The molecule has 41 heavy (non-hydrogen) atoms. The van der Waals surface area contributed by atoms with Crippen molar-refractivity contribution in [2.75, 3.05) is 13.1 Å². The number of hydrogen-bond donors (Lipinski definition) is 3. The van der Waals surface area contributed by atoms with Gasteiger partial charge in [-0.05, 0) is 62.3 Å². The summed E-state index contributed by atoms with van der Waals surface area (Å²) in [5.41, 5.74) is 2.72. The molecule has 2 amide bonds. The van der Waals surface area contributed by atoms with Crippen LogP contribution in [-0.4, -0.2) is 62.9 Å². The SMILES string of the molecule is CCCC1CCCCN1C(=O)c1cc(C(=O)N[C@@H](Cc2ccccc2)[C@@H](O)CNCc2cccc(Br)c2)nn1CC. The van der Waals surface area contributed by atoms with E-state index >= 15 is 0 Å². The second kappa shape index (κ2) is 15.3. The lowest BCUT2D eigenvalue weighted by molar-refractivity contribution is 0.0588. The molecule has 220 valence electrons. The molecule has 4 rings (SSSR count). The van der Waals surface area contributed by atoms with Gasteiger partial charge in [0.25, 0.3) is 11.8 Å². The Bertz CT molecular complexity index is 1280. The molecule has 1 unspecified atom stereocenters. The van der Waals surface area contributed by atoms with E-state index in [4.69, 9.17) is 0 Å². The van der Waals surface area contributed by atoms with Crippen LogP contribution >= 0.6 is 15.9 Å². The molecule has 3 N–H and O–H groups in total.